The molecular formula is C18H22N2O5S. The molecule has 0 aromatic heterocycles. The van der Waals surface area contributed by atoms with Gasteiger partial charge in [0, 0.05) is 12.6 Å². The number of hydrogen-bond donors (Lipinski definition) is 2. The number of carbonyl (C=O) groups is 1. The molecule has 0 unspecified atom stereocenters. The van der Waals surface area contributed by atoms with E-state index in [4.69, 9.17) is 9.47 Å². The highest BCUT2D eigenvalue weighted by Gasteiger charge is 2.23. The second-order valence-corrected chi connectivity index (χ2v) is 7.27. The van der Waals surface area contributed by atoms with Gasteiger partial charge in [-0.25, -0.2) is 17.9 Å². The van der Waals surface area contributed by atoms with Crippen LogP contribution in [0.3, 0.4) is 0 Å². The minimum atomic E-state index is -3.78. The normalized spacial score (nSPS) is 11.0. The van der Waals surface area contributed by atoms with Crippen LogP contribution in [0.1, 0.15) is 23.7 Å². The Balaban J connectivity index is 2.66. The van der Waals surface area contributed by atoms with Crippen LogP contribution >= 0.6 is 0 Å². The maximum absolute atomic E-state index is 12.3. The highest BCUT2D eigenvalue weighted by Crippen LogP contribution is 2.36. The highest BCUT2D eigenvalue weighted by molar-refractivity contribution is 7.89. The van der Waals surface area contributed by atoms with Gasteiger partial charge < -0.3 is 14.8 Å². The summed E-state index contributed by atoms with van der Waals surface area (Å²) in [6, 6.07) is 11.6. The lowest BCUT2D eigenvalue weighted by Crippen LogP contribution is -2.20. The third-order valence-electron chi connectivity index (χ3n) is 3.58. The number of methoxy groups -OCH3 is 1. The molecule has 2 aromatic carbocycles. The molecule has 0 saturated carbocycles. The van der Waals surface area contributed by atoms with Crippen molar-refractivity contribution in [2.24, 2.45) is 0 Å². The number of anilines is 1. The Morgan fingerprint density at radius 2 is 1.85 bits per heavy atom. The zero-order chi connectivity index (χ0) is 19.2. The molecule has 0 bridgehead atoms. The van der Waals surface area contributed by atoms with Crippen LogP contribution < -0.4 is 14.8 Å². The van der Waals surface area contributed by atoms with Crippen LogP contribution in [0, 0.1) is 0 Å². The van der Waals surface area contributed by atoms with Crippen LogP contribution in [0.2, 0.25) is 0 Å². The topological polar surface area (TPSA) is 93.7 Å². The molecule has 2 N–H and O–H groups in total. The molecule has 140 valence electrons. The van der Waals surface area contributed by atoms with Gasteiger partial charge in [-0.15, -0.1) is 0 Å². The number of benzene rings is 2. The monoisotopic (exact) mass is 378 g/mol. The van der Waals surface area contributed by atoms with Crippen molar-refractivity contribution < 1.29 is 22.7 Å². The quantitative estimate of drug-likeness (QED) is 0.686. The first-order valence-electron chi connectivity index (χ1n) is 8.09. The Morgan fingerprint density at radius 3 is 2.42 bits per heavy atom. The van der Waals surface area contributed by atoms with Crippen molar-refractivity contribution in [1.82, 2.24) is 4.72 Å². The Kier molecular flexibility index (Phi) is 6.59. The molecule has 0 spiro atoms. The Morgan fingerprint density at radius 1 is 1.15 bits per heavy atom. The first-order chi connectivity index (χ1) is 12.4. The van der Waals surface area contributed by atoms with Gasteiger partial charge in [-0.05, 0) is 31.7 Å². The molecule has 7 nitrogen and oxygen atoms in total. The predicted octanol–water partition coefficient (Wildman–Crippen LogP) is 3.00. The molecule has 0 atom stereocenters. The van der Waals surface area contributed by atoms with Gasteiger partial charge in [-0.3, -0.25) is 0 Å². The van der Waals surface area contributed by atoms with Gasteiger partial charge in [0.2, 0.25) is 10.0 Å². The lowest BCUT2D eigenvalue weighted by molar-refractivity contribution is 0.0601. The number of para-hydroxylation sites is 1. The molecule has 26 heavy (non-hydrogen) atoms. The van der Waals surface area contributed by atoms with Gasteiger partial charge in [-0.1, -0.05) is 25.1 Å². The summed E-state index contributed by atoms with van der Waals surface area (Å²) in [5.41, 5.74) is 0.473. The van der Waals surface area contributed by atoms with Crippen LogP contribution in [0.4, 0.5) is 5.69 Å². The number of sulfonamides is 1. The zero-order valence-electron chi connectivity index (χ0n) is 14.9. The largest absolute Gasteiger partial charge is 0.465 e. The van der Waals surface area contributed by atoms with Gasteiger partial charge in [0.25, 0.3) is 0 Å². The molecule has 2 rings (SSSR count). The number of nitrogens with one attached hydrogen (secondary N) is 2. The standard InChI is InChI=1S/C18H22N2O5S/c1-4-10-20-17-15(18(21)24-3)11-14(26(22,23)19-2)12-16(17)25-13-8-6-5-7-9-13/h5-9,11-12,19-20H,4,10H2,1-3H3. The van der Waals surface area contributed by atoms with Gasteiger partial charge in [0.15, 0.2) is 5.75 Å². The molecule has 0 aliphatic heterocycles. The minimum absolute atomic E-state index is 0.0863. The number of ether oxygens (including phenoxy) is 2. The fraction of sp³-hybridized carbons (Fsp3) is 0.278. The molecule has 0 fully saturated rings. The summed E-state index contributed by atoms with van der Waals surface area (Å²) in [4.78, 5) is 12.1. The summed E-state index contributed by atoms with van der Waals surface area (Å²) in [5, 5.41) is 3.12. The highest BCUT2D eigenvalue weighted by atomic mass is 32.2. The number of esters is 1. The van der Waals surface area contributed by atoms with Crippen LogP contribution in [-0.4, -0.2) is 35.1 Å². The number of rotatable bonds is 8. The van der Waals surface area contributed by atoms with Crippen LogP contribution in [0.15, 0.2) is 47.4 Å². The molecule has 0 saturated heterocycles. The van der Waals surface area contributed by atoms with Crippen molar-refractivity contribution in [3.63, 3.8) is 0 Å². The molecule has 8 heteroatoms. The van der Waals surface area contributed by atoms with E-state index >= 15 is 0 Å². The smallest absolute Gasteiger partial charge is 0.340 e. The second kappa shape index (κ2) is 8.68. The molecule has 0 heterocycles. The zero-order valence-corrected chi connectivity index (χ0v) is 15.7. The van der Waals surface area contributed by atoms with E-state index in [-0.39, 0.29) is 16.2 Å². The number of carbonyl (C=O) groups excluding carboxylic acids is 1. The van der Waals surface area contributed by atoms with Crippen molar-refractivity contribution >= 4 is 21.7 Å². The molecule has 0 amide bonds. The number of hydrogen-bond acceptors (Lipinski definition) is 6. The Labute approximate surface area is 153 Å². The average molecular weight is 378 g/mol. The summed E-state index contributed by atoms with van der Waals surface area (Å²) >= 11 is 0. The van der Waals surface area contributed by atoms with E-state index in [9.17, 15) is 13.2 Å². The summed E-state index contributed by atoms with van der Waals surface area (Å²) in [6.07, 6.45) is 0.807. The minimum Gasteiger partial charge on any atom is -0.465 e. The van der Waals surface area contributed by atoms with Crippen LogP contribution in [0.25, 0.3) is 0 Å². The SMILES string of the molecule is CCCNc1c(Oc2ccccc2)cc(S(=O)(=O)NC)cc1C(=O)OC. The van der Waals surface area contributed by atoms with Gasteiger partial charge >= 0.3 is 5.97 Å². The van der Waals surface area contributed by atoms with E-state index in [1.807, 2.05) is 13.0 Å². The van der Waals surface area contributed by atoms with Crippen molar-refractivity contribution in [3.05, 3.63) is 48.0 Å². The van der Waals surface area contributed by atoms with Gasteiger partial charge in [-0.2, -0.15) is 0 Å². The summed E-state index contributed by atoms with van der Waals surface area (Å²) in [5.74, 6) is 0.0814. The molecule has 0 aliphatic rings. The van der Waals surface area contributed by atoms with Crippen molar-refractivity contribution in [2.45, 2.75) is 18.2 Å². The van der Waals surface area contributed by atoms with Crippen molar-refractivity contribution in [2.75, 3.05) is 26.0 Å². The van der Waals surface area contributed by atoms with Gasteiger partial charge in [0.05, 0.1) is 23.3 Å². The predicted molar refractivity (Wildman–Crippen MR) is 99.3 cm³/mol. The molecular weight excluding hydrogens is 356 g/mol. The Bertz CT molecular complexity index is 867. The van der Waals surface area contributed by atoms with E-state index < -0.39 is 16.0 Å². The molecule has 2 aromatic rings. The fourth-order valence-corrected chi connectivity index (χ4v) is 3.03. The summed E-state index contributed by atoms with van der Waals surface area (Å²) in [6.45, 7) is 2.55. The van der Waals surface area contributed by atoms with E-state index in [1.54, 1.807) is 24.3 Å². The first-order valence-corrected chi connectivity index (χ1v) is 9.58. The molecule has 0 aliphatic carbocycles. The summed E-state index contributed by atoms with van der Waals surface area (Å²) < 4.78 is 37.4. The van der Waals surface area contributed by atoms with E-state index in [2.05, 4.69) is 10.0 Å². The van der Waals surface area contributed by atoms with Crippen LogP contribution in [0.5, 0.6) is 11.5 Å². The van der Waals surface area contributed by atoms with Crippen LogP contribution in [-0.2, 0) is 14.8 Å². The first kappa shape index (κ1) is 19.7. The summed E-state index contributed by atoms with van der Waals surface area (Å²) in [7, 11) is -1.24. The third kappa shape index (κ3) is 4.53. The molecule has 0 radical (unpaired) electrons. The fourth-order valence-electron chi connectivity index (χ4n) is 2.26. The maximum atomic E-state index is 12.3. The Hall–Kier alpha value is -2.58. The van der Waals surface area contributed by atoms with Gasteiger partial charge in [0.1, 0.15) is 5.75 Å². The third-order valence-corrected chi connectivity index (χ3v) is 4.98. The van der Waals surface area contributed by atoms with Crippen molar-refractivity contribution in [3.8, 4) is 11.5 Å². The van der Waals surface area contributed by atoms with Crippen molar-refractivity contribution in [1.29, 1.82) is 0 Å². The maximum Gasteiger partial charge on any atom is 0.340 e. The van der Waals surface area contributed by atoms with E-state index in [0.717, 1.165) is 6.42 Å². The second-order valence-electron chi connectivity index (χ2n) is 5.39. The average Bonchev–Trinajstić information content (AvgIpc) is 2.66. The lowest BCUT2D eigenvalue weighted by atomic mass is 10.1. The van der Waals surface area contributed by atoms with E-state index in [1.165, 1.54) is 26.3 Å². The van der Waals surface area contributed by atoms with E-state index in [0.29, 0.717) is 18.0 Å². The lowest BCUT2D eigenvalue weighted by Gasteiger charge is -2.17.